The summed E-state index contributed by atoms with van der Waals surface area (Å²) in [5, 5.41) is 1.18. The number of aliphatic imine (C=N–C) groups is 1. The van der Waals surface area contributed by atoms with Gasteiger partial charge in [-0.1, -0.05) is 23.4 Å². The van der Waals surface area contributed by atoms with Gasteiger partial charge in [0.2, 0.25) is 0 Å². The van der Waals surface area contributed by atoms with Crippen LogP contribution in [0.3, 0.4) is 0 Å². The fraction of sp³-hybridized carbons (Fsp3) is 0.316. The minimum atomic E-state index is -0.357. The van der Waals surface area contributed by atoms with E-state index < -0.39 is 0 Å². The van der Waals surface area contributed by atoms with Crippen LogP contribution in [-0.2, 0) is 6.54 Å². The van der Waals surface area contributed by atoms with Crippen LogP contribution >= 0.6 is 23.4 Å². The van der Waals surface area contributed by atoms with Crippen LogP contribution in [0.5, 0.6) is 5.75 Å². The van der Waals surface area contributed by atoms with Crippen LogP contribution in [-0.4, -0.2) is 39.4 Å². The number of carbonyl (C=O) groups is 1. The molecular formula is C19H20ClN3O2S. The molecule has 3 rings (SSSR count). The van der Waals surface area contributed by atoms with Crippen molar-refractivity contribution in [1.82, 2.24) is 9.88 Å². The lowest BCUT2D eigenvalue weighted by Gasteiger charge is -2.19. The Kier molecular flexibility index (Phi) is 5.53. The van der Waals surface area contributed by atoms with Crippen molar-refractivity contribution < 1.29 is 9.53 Å². The normalized spacial score (nSPS) is 17.5. The molecule has 2 aromatic rings. The lowest BCUT2D eigenvalue weighted by molar-refractivity contribution is 0.0998. The molecule has 0 atom stereocenters. The van der Waals surface area contributed by atoms with Crippen molar-refractivity contribution in [2.75, 3.05) is 13.7 Å². The Morgan fingerprint density at radius 3 is 2.77 bits per heavy atom. The first-order valence-corrected chi connectivity index (χ1v) is 9.37. The third-order valence-corrected chi connectivity index (χ3v) is 5.37. The van der Waals surface area contributed by atoms with Gasteiger partial charge in [-0.15, -0.1) is 0 Å². The highest BCUT2D eigenvalue weighted by molar-refractivity contribution is 8.15. The molecule has 1 aromatic heterocycles. The summed E-state index contributed by atoms with van der Waals surface area (Å²) in [6.07, 6.45) is 3.53. The number of hydrogen-bond acceptors (Lipinski definition) is 4. The molecule has 0 saturated carbocycles. The molecule has 1 aliphatic rings. The quantitative estimate of drug-likeness (QED) is 0.781. The summed E-state index contributed by atoms with van der Waals surface area (Å²) in [6.45, 7) is 5.77. The van der Waals surface area contributed by atoms with Gasteiger partial charge in [-0.3, -0.25) is 9.78 Å². The monoisotopic (exact) mass is 389 g/mol. The smallest absolute Gasteiger partial charge is 0.283 e. The lowest BCUT2D eigenvalue weighted by atomic mass is 10.2. The second kappa shape index (κ2) is 7.68. The van der Waals surface area contributed by atoms with Crippen LogP contribution in [0.15, 0.2) is 47.7 Å². The Morgan fingerprint density at radius 1 is 1.35 bits per heavy atom. The summed E-state index contributed by atoms with van der Waals surface area (Å²) in [7, 11) is 1.52. The summed E-state index contributed by atoms with van der Waals surface area (Å²) in [5.41, 5.74) is 1.49. The molecule has 1 saturated heterocycles. The number of hydrogen-bond donors (Lipinski definition) is 0. The van der Waals surface area contributed by atoms with E-state index in [1.807, 2.05) is 12.1 Å². The first-order chi connectivity index (χ1) is 12.4. The van der Waals surface area contributed by atoms with Gasteiger partial charge >= 0.3 is 0 Å². The van der Waals surface area contributed by atoms with Gasteiger partial charge in [0.15, 0.2) is 5.17 Å². The highest BCUT2D eigenvalue weighted by Crippen LogP contribution is 2.37. The van der Waals surface area contributed by atoms with Gasteiger partial charge in [0.05, 0.1) is 12.7 Å². The van der Waals surface area contributed by atoms with Crippen molar-refractivity contribution in [2.24, 2.45) is 4.99 Å². The van der Waals surface area contributed by atoms with E-state index in [1.165, 1.54) is 7.11 Å². The first-order valence-electron chi connectivity index (χ1n) is 8.17. The maximum atomic E-state index is 12.8. The molecule has 1 aromatic carbocycles. The van der Waals surface area contributed by atoms with Crippen molar-refractivity contribution in [1.29, 1.82) is 0 Å². The molecule has 26 heavy (non-hydrogen) atoms. The minimum absolute atomic E-state index is 0.0233. The van der Waals surface area contributed by atoms with E-state index in [2.05, 4.69) is 28.7 Å². The van der Waals surface area contributed by atoms with Gasteiger partial charge < -0.3 is 9.64 Å². The molecular weight excluding hydrogens is 370 g/mol. The fourth-order valence-corrected chi connectivity index (χ4v) is 4.06. The van der Waals surface area contributed by atoms with Crippen LogP contribution in [0.4, 0.5) is 0 Å². The third kappa shape index (κ3) is 4.37. The molecule has 1 fully saturated rings. The Labute approximate surface area is 162 Å². The van der Waals surface area contributed by atoms with E-state index in [0.29, 0.717) is 28.0 Å². The second-order valence-electron chi connectivity index (χ2n) is 6.62. The molecule has 1 aliphatic heterocycles. The molecule has 0 spiro atoms. The number of methoxy groups -OCH3 is 1. The molecule has 2 heterocycles. The number of thioether (sulfide) groups is 1. The number of halogens is 1. The van der Waals surface area contributed by atoms with Gasteiger partial charge in [-0.25, -0.2) is 0 Å². The zero-order valence-electron chi connectivity index (χ0n) is 14.9. The predicted molar refractivity (Wildman–Crippen MR) is 106 cm³/mol. The number of amidine groups is 1. The van der Waals surface area contributed by atoms with Crippen LogP contribution < -0.4 is 4.74 Å². The number of aromatic nitrogens is 1. The lowest BCUT2D eigenvalue weighted by Crippen LogP contribution is -2.28. The number of nitrogens with zero attached hydrogens (tertiary/aromatic N) is 3. The Hall–Kier alpha value is -2.05. The summed E-state index contributed by atoms with van der Waals surface area (Å²) in [6, 6.07) is 8.89. The molecule has 1 amide bonds. The predicted octanol–water partition coefficient (Wildman–Crippen LogP) is 4.27. The number of rotatable bonds is 4. The average Bonchev–Trinajstić information content (AvgIpc) is 2.89. The number of carbonyl (C=O) groups excluding carboxylic acids is 1. The van der Waals surface area contributed by atoms with Crippen LogP contribution in [0.25, 0.3) is 0 Å². The molecule has 0 aliphatic carbocycles. The SMILES string of the molecule is COc1ccc(Cl)cc1C(=O)/N=C1\SC(C)(C)CN1Cc1ccncc1. The number of pyridine rings is 1. The maximum absolute atomic E-state index is 12.8. The standard InChI is InChI=1S/C19H20ClN3O2S/c1-19(2)12-23(11-13-6-8-21-9-7-13)18(26-19)22-17(24)15-10-14(20)4-5-16(15)25-3/h4-10H,11-12H2,1-3H3/b22-18-. The average molecular weight is 390 g/mol. The van der Waals surface area contributed by atoms with Crippen molar-refractivity contribution in [2.45, 2.75) is 25.1 Å². The van der Waals surface area contributed by atoms with E-state index in [-0.39, 0.29) is 10.7 Å². The molecule has 0 bridgehead atoms. The van der Waals surface area contributed by atoms with Crippen LogP contribution in [0.1, 0.15) is 29.8 Å². The van der Waals surface area contributed by atoms with Crippen molar-refractivity contribution >= 4 is 34.4 Å². The molecule has 0 N–H and O–H groups in total. The Morgan fingerprint density at radius 2 is 2.08 bits per heavy atom. The van der Waals surface area contributed by atoms with E-state index in [4.69, 9.17) is 16.3 Å². The first kappa shape index (κ1) is 18.7. The van der Waals surface area contributed by atoms with Gasteiger partial charge in [0.25, 0.3) is 5.91 Å². The fourth-order valence-electron chi connectivity index (χ4n) is 2.79. The third-order valence-electron chi connectivity index (χ3n) is 3.92. The molecule has 7 heteroatoms. The van der Waals surface area contributed by atoms with Gasteiger partial charge in [0, 0.05) is 35.3 Å². The molecule has 136 valence electrons. The summed E-state index contributed by atoms with van der Waals surface area (Å²) < 4.78 is 5.25. The van der Waals surface area contributed by atoms with Gasteiger partial charge in [-0.2, -0.15) is 4.99 Å². The maximum Gasteiger partial charge on any atom is 0.283 e. The van der Waals surface area contributed by atoms with Crippen LogP contribution in [0, 0.1) is 0 Å². The van der Waals surface area contributed by atoms with Crippen LogP contribution in [0.2, 0.25) is 5.02 Å². The Bertz CT molecular complexity index is 840. The summed E-state index contributed by atoms with van der Waals surface area (Å²) >= 11 is 7.64. The molecule has 0 unspecified atom stereocenters. The molecule has 5 nitrogen and oxygen atoms in total. The van der Waals surface area contributed by atoms with E-state index in [9.17, 15) is 4.79 Å². The topological polar surface area (TPSA) is 54.8 Å². The molecule has 0 radical (unpaired) electrons. The largest absolute Gasteiger partial charge is 0.496 e. The second-order valence-corrected chi connectivity index (χ2v) is 8.73. The number of ether oxygens (including phenoxy) is 1. The van der Waals surface area contributed by atoms with Crippen molar-refractivity contribution in [3.05, 3.63) is 58.9 Å². The van der Waals surface area contributed by atoms with Crippen molar-refractivity contribution in [3.63, 3.8) is 0 Å². The van der Waals surface area contributed by atoms with Gasteiger partial charge in [0.1, 0.15) is 5.75 Å². The van der Waals surface area contributed by atoms with Crippen molar-refractivity contribution in [3.8, 4) is 5.75 Å². The highest BCUT2D eigenvalue weighted by Gasteiger charge is 2.35. The van der Waals surface area contributed by atoms with E-state index >= 15 is 0 Å². The highest BCUT2D eigenvalue weighted by atomic mass is 35.5. The zero-order chi connectivity index (χ0) is 18.7. The zero-order valence-corrected chi connectivity index (χ0v) is 16.5. The van der Waals surface area contributed by atoms with E-state index in [0.717, 1.165) is 12.1 Å². The Balaban J connectivity index is 1.89. The summed E-state index contributed by atoms with van der Waals surface area (Å²) in [4.78, 5) is 23.3. The minimum Gasteiger partial charge on any atom is -0.496 e. The number of amides is 1. The summed E-state index contributed by atoms with van der Waals surface area (Å²) in [5.74, 6) is 0.107. The van der Waals surface area contributed by atoms with E-state index in [1.54, 1.807) is 42.4 Å². The number of benzene rings is 1. The van der Waals surface area contributed by atoms with Gasteiger partial charge in [-0.05, 0) is 49.7 Å².